The van der Waals surface area contributed by atoms with Gasteiger partial charge >= 0.3 is 6.09 Å². The Kier molecular flexibility index (Phi) is 4.54. The number of non-ortho nitro benzene ring substituents is 1. The topological polar surface area (TPSA) is 83.7 Å². The number of halogens is 1. The lowest BCUT2D eigenvalue weighted by atomic mass is 10.2. The Balaban J connectivity index is 2.24. The van der Waals surface area contributed by atoms with Crippen LogP contribution in [0.15, 0.2) is 53.0 Å². The Morgan fingerprint density at radius 2 is 1.90 bits per heavy atom. The van der Waals surface area contributed by atoms with Crippen LogP contribution in [0.1, 0.15) is 5.56 Å². The molecular weight excluding hydrogens is 340 g/mol. The number of benzene rings is 2. The van der Waals surface area contributed by atoms with Gasteiger partial charge in [-0.1, -0.05) is 34.1 Å². The predicted molar refractivity (Wildman–Crippen MR) is 81.4 cm³/mol. The second-order valence-electron chi connectivity index (χ2n) is 4.27. The van der Waals surface area contributed by atoms with Gasteiger partial charge in [-0.25, -0.2) is 4.79 Å². The van der Waals surface area contributed by atoms with Crippen LogP contribution in [0.5, 0.6) is 0 Å². The van der Waals surface area contributed by atoms with Crippen LogP contribution >= 0.6 is 15.9 Å². The van der Waals surface area contributed by atoms with E-state index in [-0.39, 0.29) is 12.2 Å². The van der Waals surface area contributed by atoms with Crippen molar-refractivity contribution in [3.05, 3.63) is 68.7 Å². The number of hydrogen-bond donors (Lipinski definition) is 1. The SMILES string of the molecule is O=C(O)N(Cc1ccc([N+](=O)[O-])cc1)c1cccc(Br)c1. The molecule has 1 N–H and O–H groups in total. The number of anilines is 1. The van der Waals surface area contributed by atoms with Crippen LogP contribution in [0, 0.1) is 10.1 Å². The number of amides is 1. The largest absolute Gasteiger partial charge is 0.465 e. The molecule has 1 amide bonds. The quantitative estimate of drug-likeness (QED) is 0.666. The smallest absolute Gasteiger partial charge is 0.412 e. The fourth-order valence-electron chi connectivity index (χ4n) is 1.82. The van der Waals surface area contributed by atoms with E-state index in [0.717, 1.165) is 4.47 Å². The highest BCUT2D eigenvalue weighted by Gasteiger charge is 2.15. The van der Waals surface area contributed by atoms with Crippen LogP contribution in [0.2, 0.25) is 0 Å². The zero-order chi connectivity index (χ0) is 15.4. The van der Waals surface area contributed by atoms with Gasteiger partial charge in [-0.3, -0.25) is 15.0 Å². The van der Waals surface area contributed by atoms with Crippen molar-refractivity contribution in [1.29, 1.82) is 0 Å². The number of carboxylic acid groups (broad SMARTS) is 1. The molecule has 0 atom stereocenters. The van der Waals surface area contributed by atoms with Gasteiger partial charge in [0.15, 0.2) is 0 Å². The van der Waals surface area contributed by atoms with E-state index in [2.05, 4.69) is 15.9 Å². The summed E-state index contributed by atoms with van der Waals surface area (Å²) in [6.45, 7) is 0.115. The molecule has 0 spiro atoms. The van der Waals surface area contributed by atoms with E-state index in [1.54, 1.807) is 36.4 Å². The van der Waals surface area contributed by atoms with Gasteiger partial charge in [0.25, 0.3) is 5.69 Å². The van der Waals surface area contributed by atoms with Gasteiger partial charge in [-0.2, -0.15) is 0 Å². The zero-order valence-electron chi connectivity index (χ0n) is 10.8. The van der Waals surface area contributed by atoms with Crippen molar-refractivity contribution in [2.24, 2.45) is 0 Å². The van der Waals surface area contributed by atoms with Gasteiger partial charge in [0, 0.05) is 22.3 Å². The lowest BCUT2D eigenvalue weighted by molar-refractivity contribution is -0.384. The van der Waals surface area contributed by atoms with E-state index in [1.807, 2.05) is 0 Å². The molecule has 2 aromatic carbocycles. The third-order valence-corrected chi connectivity index (χ3v) is 3.33. The van der Waals surface area contributed by atoms with Crippen molar-refractivity contribution >= 4 is 33.4 Å². The lowest BCUT2D eigenvalue weighted by Gasteiger charge is -2.19. The molecule has 0 bridgehead atoms. The highest BCUT2D eigenvalue weighted by atomic mass is 79.9. The number of nitro benzene ring substituents is 1. The second kappa shape index (κ2) is 6.36. The summed E-state index contributed by atoms with van der Waals surface area (Å²) in [5.41, 5.74) is 1.17. The number of nitrogens with zero attached hydrogens (tertiary/aromatic N) is 2. The first kappa shape index (κ1) is 15.0. The van der Waals surface area contributed by atoms with Crippen LogP contribution in [0.3, 0.4) is 0 Å². The Labute approximate surface area is 128 Å². The summed E-state index contributed by atoms with van der Waals surface area (Å²) in [5.74, 6) is 0. The molecule has 7 heteroatoms. The molecule has 2 rings (SSSR count). The van der Waals surface area contributed by atoms with Crippen molar-refractivity contribution in [3.63, 3.8) is 0 Å². The minimum absolute atomic E-state index is 0.0249. The molecule has 0 saturated carbocycles. The lowest BCUT2D eigenvalue weighted by Crippen LogP contribution is -2.28. The summed E-state index contributed by atoms with van der Waals surface area (Å²) in [6.07, 6.45) is -1.09. The maximum atomic E-state index is 11.4. The molecule has 0 aliphatic heterocycles. The molecular formula is C14H11BrN2O4. The van der Waals surface area contributed by atoms with Crippen molar-refractivity contribution in [3.8, 4) is 0 Å². The molecule has 0 unspecified atom stereocenters. The minimum atomic E-state index is -1.09. The molecule has 0 aliphatic rings. The van der Waals surface area contributed by atoms with Crippen LogP contribution in [-0.2, 0) is 6.54 Å². The van der Waals surface area contributed by atoms with Crippen molar-refractivity contribution in [2.75, 3.05) is 4.90 Å². The molecule has 0 aromatic heterocycles. The van der Waals surface area contributed by atoms with E-state index in [4.69, 9.17) is 0 Å². The van der Waals surface area contributed by atoms with Gasteiger partial charge in [-0.15, -0.1) is 0 Å². The average molecular weight is 351 g/mol. The fraction of sp³-hybridized carbons (Fsp3) is 0.0714. The maximum Gasteiger partial charge on any atom is 0.412 e. The molecule has 0 saturated heterocycles. The first-order valence-corrected chi connectivity index (χ1v) is 6.76. The molecule has 108 valence electrons. The molecule has 0 aliphatic carbocycles. The summed E-state index contributed by atoms with van der Waals surface area (Å²) in [4.78, 5) is 22.7. The highest BCUT2D eigenvalue weighted by Crippen LogP contribution is 2.22. The van der Waals surface area contributed by atoms with E-state index < -0.39 is 11.0 Å². The maximum absolute atomic E-state index is 11.4. The summed E-state index contributed by atoms with van der Waals surface area (Å²) >= 11 is 3.30. The normalized spacial score (nSPS) is 10.1. The number of carbonyl (C=O) groups is 1. The summed E-state index contributed by atoms with van der Waals surface area (Å²) in [7, 11) is 0. The van der Waals surface area contributed by atoms with Crippen LogP contribution < -0.4 is 4.90 Å². The van der Waals surface area contributed by atoms with Crippen LogP contribution in [-0.4, -0.2) is 16.1 Å². The van der Waals surface area contributed by atoms with Gasteiger partial charge in [0.1, 0.15) is 0 Å². The van der Waals surface area contributed by atoms with E-state index in [9.17, 15) is 20.0 Å². The number of hydrogen-bond acceptors (Lipinski definition) is 3. The van der Waals surface area contributed by atoms with Gasteiger partial charge < -0.3 is 5.11 Å². The van der Waals surface area contributed by atoms with Crippen molar-refractivity contribution in [2.45, 2.75) is 6.54 Å². The zero-order valence-corrected chi connectivity index (χ0v) is 12.4. The average Bonchev–Trinajstić information content (AvgIpc) is 2.45. The number of nitro groups is 1. The fourth-order valence-corrected chi connectivity index (χ4v) is 2.21. The van der Waals surface area contributed by atoms with Gasteiger partial charge in [-0.05, 0) is 23.8 Å². The monoisotopic (exact) mass is 350 g/mol. The van der Waals surface area contributed by atoms with E-state index >= 15 is 0 Å². The third kappa shape index (κ3) is 3.79. The highest BCUT2D eigenvalue weighted by molar-refractivity contribution is 9.10. The van der Waals surface area contributed by atoms with E-state index in [0.29, 0.717) is 11.3 Å². The molecule has 0 radical (unpaired) electrons. The molecule has 0 fully saturated rings. The van der Waals surface area contributed by atoms with Crippen LogP contribution in [0.4, 0.5) is 16.2 Å². The van der Waals surface area contributed by atoms with Gasteiger partial charge in [0.2, 0.25) is 0 Å². The molecule has 6 nitrogen and oxygen atoms in total. The summed E-state index contributed by atoms with van der Waals surface area (Å²) in [6, 6.07) is 12.7. The summed E-state index contributed by atoms with van der Waals surface area (Å²) in [5, 5.41) is 19.9. The van der Waals surface area contributed by atoms with Gasteiger partial charge in [0.05, 0.1) is 11.5 Å². The standard InChI is InChI=1S/C14H11BrN2O4/c15-11-2-1-3-13(8-11)16(14(18)19)9-10-4-6-12(7-5-10)17(20)21/h1-8H,9H2,(H,18,19). The first-order chi connectivity index (χ1) is 9.97. The molecule has 21 heavy (non-hydrogen) atoms. The Morgan fingerprint density at radius 3 is 2.43 bits per heavy atom. The molecule has 2 aromatic rings. The van der Waals surface area contributed by atoms with Crippen molar-refractivity contribution < 1.29 is 14.8 Å². The Bertz CT molecular complexity index is 673. The predicted octanol–water partition coefficient (Wildman–Crippen LogP) is 4.04. The van der Waals surface area contributed by atoms with Crippen LogP contribution in [0.25, 0.3) is 0 Å². The minimum Gasteiger partial charge on any atom is -0.465 e. The Hall–Kier alpha value is -2.41. The second-order valence-corrected chi connectivity index (χ2v) is 5.19. The third-order valence-electron chi connectivity index (χ3n) is 2.84. The first-order valence-electron chi connectivity index (χ1n) is 5.97. The van der Waals surface area contributed by atoms with Crippen molar-refractivity contribution in [1.82, 2.24) is 0 Å². The number of rotatable bonds is 4. The summed E-state index contributed by atoms with van der Waals surface area (Å²) < 4.78 is 0.773. The van der Waals surface area contributed by atoms with E-state index in [1.165, 1.54) is 17.0 Å². The Morgan fingerprint density at radius 1 is 1.24 bits per heavy atom. The molecule has 0 heterocycles.